The van der Waals surface area contributed by atoms with E-state index in [2.05, 4.69) is 17.6 Å². The minimum Gasteiger partial charge on any atom is -0.248 e. The van der Waals surface area contributed by atoms with E-state index in [1.54, 1.807) is 0 Å². The van der Waals surface area contributed by atoms with Crippen LogP contribution in [0.25, 0.3) is 0 Å². The van der Waals surface area contributed by atoms with Crippen molar-refractivity contribution in [2.45, 2.75) is 11.1 Å². The van der Waals surface area contributed by atoms with E-state index >= 15 is 0 Å². The molecule has 0 bridgehead atoms. The quantitative estimate of drug-likeness (QED) is 0.498. The number of thiol groups is 1. The lowest BCUT2D eigenvalue weighted by Gasteiger charge is -2.06. The summed E-state index contributed by atoms with van der Waals surface area (Å²) in [5.41, 5.74) is -1.17. The second-order valence-corrected chi connectivity index (χ2v) is 2.50. The number of alkyl halides is 3. The third-order valence-corrected chi connectivity index (χ3v) is 1.44. The molecule has 0 atom stereocenters. The Morgan fingerprint density at radius 2 is 1.92 bits per heavy atom. The van der Waals surface area contributed by atoms with E-state index in [-0.39, 0.29) is 0 Å². The summed E-state index contributed by atoms with van der Waals surface area (Å²) in [4.78, 5) is 2.36. The molecular weight excluding hydrogens is 194 g/mol. The van der Waals surface area contributed by atoms with Gasteiger partial charge in [-0.25, -0.2) is 9.37 Å². The summed E-state index contributed by atoms with van der Waals surface area (Å²) in [7, 11) is 0. The Balaban J connectivity index is 3.19. The van der Waals surface area contributed by atoms with Crippen LogP contribution in [0.1, 0.15) is 5.69 Å². The van der Waals surface area contributed by atoms with Crippen LogP contribution in [0.2, 0.25) is 0 Å². The summed E-state index contributed by atoms with van der Waals surface area (Å²) < 4.78 is 48.1. The van der Waals surface area contributed by atoms with Gasteiger partial charge >= 0.3 is 6.18 Å². The Kier molecular flexibility index (Phi) is 2.27. The zero-order valence-electron chi connectivity index (χ0n) is 5.56. The highest BCUT2D eigenvalue weighted by Gasteiger charge is 2.34. The Bertz CT molecular complexity index is 296. The van der Waals surface area contributed by atoms with Crippen molar-refractivity contribution in [2.24, 2.45) is 0 Å². The highest BCUT2D eigenvalue weighted by molar-refractivity contribution is 7.80. The lowest BCUT2D eigenvalue weighted by molar-refractivity contribution is -0.143. The first-order valence-corrected chi connectivity index (χ1v) is 3.27. The molecule has 0 saturated carbocycles. The fraction of sp³-hybridized carbons (Fsp3) is 0.167. The van der Waals surface area contributed by atoms with Crippen LogP contribution >= 0.6 is 12.6 Å². The standard InChI is InChI=1S/C6H3F4NS/c7-3-1-4(12)5(11-2-3)6(8,9)10/h1-2,12H. The Labute approximate surface area is 70.8 Å². The van der Waals surface area contributed by atoms with E-state index in [0.29, 0.717) is 12.3 Å². The molecule has 0 spiro atoms. The molecule has 0 N–H and O–H groups in total. The van der Waals surface area contributed by atoms with Gasteiger partial charge in [-0.15, -0.1) is 12.6 Å². The van der Waals surface area contributed by atoms with Gasteiger partial charge in [-0.1, -0.05) is 0 Å². The van der Waals surface area contributed by atoms with Crippen LogP contribution in [0, 0.1) is 5.82 Å². The van der Waals surface area contributed by atoms with Gasteiger partial charge in [0.25, 0.3) is 0 Å². The molecule has 0 aliphatic carbocycles. The molecule has 1 rings (SSSR count). The van der Waals surface area contributed by atoms with Gasteiger partial charge in [0.1, 0.15) is 5.82 Å². The molecule has 0 aliphatic rings. The average molecular weight is 197 g/mol. The summed E-state index contributed by atoms with van der Waals surface area (Å²) in [6, 6.07) is 0.666. The number of rotatable bonds is 0. The molecule has 0 aromatic carbocycles. The first-order valence-electron chi connectivity index (χ1n) is 2.83. The van der Waals surface area contributed by atoms with Gasteiger partial charge in [0.05, 0.1) is 6.20 Å². The zero-order valence-corrected chi connectivity index (χ0v) is 6.46. The topological polar surface area (TPSA) is 12.9 Å². The van der Waals surface area contributed by atoms with E-state index < -0.39 is 22.6 Å². The molecule has 0 fully saturated rings. The molecular formula is C6H3F4NS. The maximum Gasteiger partial charge on any atom is 0.434 e. The van der Waals surface area contributed by atoms with Crippen molar-refractivity contribution in [1.29, 1.82) is 0 Å². The van der Waals surface area contributed by atoms with E-state index in [1.807, 2.05) is 0 Å². The third kappa shape index (κ3) is 1.88. The van der Waals surface area contributed by atoms with Gasteiger partial charge in [0.2, 0.25) is 0 Å². The van der Waals surface area contributed by atoms with E-state index in [0.717, 1.165) is 0 Å². The van der Waals surface area contributed by atoms with Crippen molar-refractivity contribution < 1.29 is 17.6 Å². The van der Waals surface area contributed by atoms with Crippen LogP contribution in [0.15, 0.2) is 17.2 Å². The normalized spacial score (nSPS) is 11.8. The fourth-order valence-corrected chi connectivity index (χ4v) is 0.955. The van der Waals surface area contributed by atoms with Crippen LogP contribution in [-0.4, -0.2) is 4.98 Å². The summed E-state index contributed by atoms with van der Waals surface area (Å²) >= 11 is 3.44. The first kappa shape index (κ1) is 9.31. The predicted molar refractivity (Wildman–Crippen MR) is 36.4 cm³/mol. The third-order valence-electron chi connectivity index (χ3n) is 1.10. The maximum absolute atomic E-state index is 12.3. The molecule has 1 aromatic heterocycles. The Morgan fingerprint density at radius 1 is 1.33 bits per heavy atom. The van der Waals surface area contributed by atoms with E-state index in [9.17, 15) is 17.6 Å². The molecule has 0 aliphatic heterocycles. The van der Waals surface area contributed by atoms with Gasteiger partial charge in [0, 0.05) is 4.90 Å². The molecule has 6 heteroatoms. The minimum atomic E-state index is -4.58. The van der Waals surface area contributed by atoms with Gasteiger partial charge in [-0.2, -0.15) is 13.2 Å². The molecule has 66 valence electrons. The maximum atomic E-state index is 12.3. The minimum absolute atomic E-state index is 0.503. The number of nitrogens with zero attached hydrogens (tertiary/aromatic N) is 1. The van der Waals surface area contributed by atoms with Crippen LogP contribution in [0.5, 0.6) is 0 Å². The first-order chi connectivity index (χ1) is 5.41. The van der Waals surface area contributed by atoms with Crippen molar-refractivity contribution in [3.05, 3.63) is 23.8 Å². The summed E-state index contributed by atoms with van der Waals surface area (Å²) in [6.45, 7) is 0. The highest BCUT2D eigenvalue weighted by atomic mass is 32.1. The Hall–Kier alpha value is -0.780. The van der Waals surface area contributed by atoms with E-state index in [4.69, 9.17) is 0 Å². The van der Waals surface area contributed by atoms with Gasteiger partial charge in [-0.05, 0) is 6.07 Å². The fourth-order valence-electron chi connectivity index (χ4n) is 0.647. The summed E-state index contributed by atoms with van der Waals surface area (Å²) in [6.07, 6.45) is -4.08. The largest absolute Gasteiger partial charge is 0.434 e. The molecule has 12 heavy (non-hydrogen) atoms. The average Bonchev–Trinajstić information content (AvgIpc) is 1.83. The number of pyridine rings is 1. The highest BCUT2D eigenvalue weighted by Crippen LogP contribution is 2.31. The van der Waals surface area contributed by atoms with Crippen molar-refractivity contribution in [3.8, 4) is 0 Å². The van der Waals surface area contributed by atoms with E-state index in [1.165, 1.54) is 0 Å². The monoisotopic (exact) mass is 197 g/mol. The molecule has 0 saturated heterocycles. The molecule has 0 amide bonds. The summed E-state index contributed by atoms with van der Waals surface area (Å²) in [5, 5.41) is 0. The number of aromatic nitrogens is 1. The van der Waals surface area contributed by atoms with Crippen LogP contribution < -0.4 is 0 Å². The number of hydrogen-bond acceptors (Lipinski definition) is 2. The predicted octanol–water partition coefficient (Wildman–Crippen LogP) is 2.53. The smallest absolute Gasteiger partial charge is 0.248 e. The SMILES string of the molecule is Fc1cnc(C(F)(F)F)c(S)c1. The van der Waals surface area contributed by atoms with Gasteiger partial charge in [0.15, 0.2) is 5.69 Å². The van der Waals surface area contributed by atoms with Crippen molar-refractivity contribution in [2.75, 3.05) is 0 Å². The molecule has 1 aromatic rings. The molecule has 1 nitrogen and oxygen atoms in total. The second-order valence-electron chi connectivity index (χ2n) is 2.02. The zero-order chi connectivity index (χ0) is 9.35. The van der Waals surface area contributed by atoms with Crippen molar-refractivity contribution in [1.82, 2.24) is 4.98 Å². The molecule has 1 heterocycles. The molecule has 0 unspecified atom stereocenters. The Morgan fingerprint density at radius 3 is 2.33 bits per heavy atom. The van der Waals surface area contributed by atoms with Gasteiger partial charge < -0.3 is 0 Å². The van der Waals surface area contributed by atoms with Crippen LogP contribution in [0.4, 0.5) is 17.6 Å². The number of halogens is 4. The lowest BCUT2D eigenvalue weighted by atomic mass is 10.3. The van der Waals surface area contributed by atoms with Crippen molar-refractivity contribution in [3.63, 3.8) is 0 Å². The second kappa shape index (κ2) is 2.93. The van der Waals surface area contributed by atoms with Crippen molar-refractivity contribution >= 4 is 12.6 Å². The van der Waals surface area contributed by atoms with Gasteiger partial charge in [-0.3, -0.25) is 0 Å². The summed E-state index contributed by atoms with van der Waals surface area (Å²) in [5.74, 6) is -0.840. The molecule has 0 radical (unpaired) electrons. The lowest BCUT2D eigenvalue weighted by Crippen LogP contribution is -2.09. The van der Waals surface area contributed by atoms with Crippen LogP contribution in [-0.2, 0) is 6.18 Å². The number of hydrogen-bond donors (Lipinski definition) is 1. The van der Waals surface area contributed by atoms with Crippen LogP contribution in [0.3, 0.4) is 0 Å².